The van der Waals surface area contributed by atoms with Crippen molar-refractivity contribution in [2.45, 2.75) is 75.9 Å². The van der Waals surface area contributed by atoms with Gasteiger partial charge >= 0.3 is 0 Å². The van der Waals surface area contributed by atoms with Crippen LogP contribution in [0, 0.1) is 17.8 Å². The minimum absolute atomic E-state index is 0.00998. The van der Waals surface area contributed by atoms with E-state index >= 15 is 0 Å². The SMILES string of the molecule is O=C(CN1CCCC1=O)NC[C@H]1[C@H]2CN(CCC3CCCCC3)C[C@]23CC[C@H]1O3. The van der Waals surface area contributed by atoms with Crippen LogP contribution in [0.3, 0.4) is 0 Å². The van der Waals surface area contributed by atoms with Crippen LogP contribution in [0.5, 0.6) is 0 Å². The molecule has 1 spiro atoms. The first-order valence-electron chi connectivity index (χ1n) is 12.1. The van der Waals surface area contributed by atoms with Gasteiger partial charge in [-0.15, -0.1) is 0 Å². The molecule has 5 aliphatic rings. The van der Waals surface area contributed by atoms with Gasteiger partial charge in [-0.2, -0.15) is 0 Å². The average Bonchev–Trinajstić information content (AvgIpc) is 3.47. The van der Waals surface area contributed by atoms with Crippen LogP contribution < -0.4 is 5.32 Å². The number of ether oxygens (including phenoxy) is 1. The Hall–Kier alpha value is -1.14. The number of amides is 2. The highest BCUT2D eigenvalue weighted by molar-refractivity contribution is 5.85. The summed E-state index contributed by atoms with van der Waals surface area (Å²) < 4.78 is 6.54. The molecule has 6 heteroatoms. The summed E-state index contributed by atoms with van der Waals surface area (Å²) in [5, 5.41) is 3.13. The normalized spacial score (nSPS) is 37.4. The zero-order valence-corrected chi connectivity index (χ0v) is 17.7. The molecule has 1 N–H and O–H groups in total. The van der Waals surface area contributed by atoms with Crippen LogP contribution >= 0.6 is 0 Å². The largest absolute Gasteiger partial charge is 0.370 e. The van der Waals surface area contributed by atoms with E-state index in [2.05, 4.69) is 10.2 Å². The molecule has 2 bridgehead atoms. The fourth-order valence-corrected chi connectivity index (χ4v) is 6.90. The highest BCUT2D eigenvalue weighted by Gasteiger charge is 2.62. The van der Waals surface area contributed by atoms with E-state index in [9.17, 15) is 9.59 Å². The van der Waals surface area contributed by atoms with Crippen molar-refractivity contribution in [1.82, 2.24) is 15.1 Å². The Morgan fingerprint density at radius 3 is 2.83 bits per heavy atom. The van der Waals surface area contributed by atoms with Gasteiger partial charge in [0.05, 0.1) is 18.2 Å². The highest BCUT2D eigenvalue weighted by atomic mass is 16.5. The predicted octanol–water partition coefficient (Wildman–Crippen LogP) is 2.17. The van der Waals surface area contributed by atoms with Crippen molar-refractivity contribution in [2.24, 2.45) is 17.8 Å². The third kappa shape index (κ3) is 3.95. The first-order valence-corrected chi connectivity index (χ1v) is 12.1. The topological polar surface area (TPSA) is 61.9 Å². The molecule has 5 fully saturated rings. The molecular formula is C23H37N3O3. The number of nitrogens with one attached hydrogen (secondary N) is 1. The first kappa shape index (κ1) is 19.8. The molecule has 1 saturated carbocycles. The molecular weight excluding hydrogens is 366 g/mol. The lowest BCUT2D eigenvalue weighted by Gasteiger charge is -2.29. The molecule has 6 nitrogen and oxygen atoms in total. The van der Waals surface area contributed by atoms with Crippen molar-refractivity contribution >= 4 is 11.8 Å². The maximum atomic E-state index is 12.4. The number of hydrogen-bond donors (Lipinski definition) is 1. The Labute approximate surface area is 174 Å². The molecule has 5 rings (SSSR count). The van der Waals surface area contributed by atoms with Gasteiger partial charge in [0.1, 0.15) is 0 Å². The van der Waals surface area contributed by atoms with E-state index in [0.717, 1.165) is 38.4 Å². The molecule has 0 aromatic carbocycles. The van der Waals surface area contributed by atoms with E-state index < -0.39 is 0 Å². The maximum Gasteiger partial charge on any atom is 0.239 e. The lowest BCUT2D eigenvalue weighted by Crippen LogP contribution is -2.44. The smallest absolute Gasteiger partial charge is 0.239 e. The second kappa shape index (κ2) is 8.18. The summed E-state index contributed by atoms with van der Waals surface area (Å²) in [7, 11) is 0. The van der Waals surface area contributed by atoms with Crippen LogP contribution in [0.4, 0.5) is 0 Å². The number of rotatable bonds is 7. The van der Waals surface area contributed by atoms with E-state index in [1.807, 2.05) is 0 Å². The van der Waals surface area contributed by atoms with Crippen molar-refractivity contribution in [3.8, 4) is 0 Å². The number of carbonyl (C=O) groups excluding carboxylic acids is 2. The Balaban J connectivity index is 1.12. The summed E-state index contributed by atoms with van der Waals surface area (Å²) in [6.07, 6.45) is 12.6. The second-order valence-electron chi connectivity index (χ2n) is 10.3. The van der Waals surface area contributed by atoms with E-state index in [-0.39, 0.29) is 24.0 Å². The zero-order chi connectivity index (χ0) is 19.8. The van der Waals surface area contributed by atoms with Crippen LogP contribution in [0.2, 0.25) is 0 Å². The van der Waals surface area contributed by atoms with Gasteiger partial charge in [-0.1, -0.05) is 32.1 Å². The Bertz CT molecular complexity index is 635. The molecule has 4 atom stereocenters. The predicted molar refractivity (Wildman–Crippen MR) is 110 cm³/mol. The van der Waals surface area contributed by atoms with E-state index in [0.29, 0.717) is 30.9 Å². The van der Waals surface area contributed by atoms with Crippen LogP contribution in [0.1, 0.15) is 64.2 Å². The summed E-state index contributed by atoms with van der Waals surface area (Å²) in [6, 6.07) is 0. The number of nitrogens with zero attached hydrogens (tertiary/aromatic N) is 2. The molecule has 0 radical (unpaired) electrons. The third-order valence-corrected chi connectivity index (χ3v) is 8.47. The van der Waals surface area contributed by atoms with Crippen molar-refractivity contribution in [1.29, 1.82) is 0 Å². The fourth-order valence-electron chi connectivity index (χ4n) is 6.90. The minimum atomic E-state index is -0.00998. The van der Waals surface area contributed by atoms with Crippen LogP contribution in [-0.4, -0.2) is 72.6 Å². The second-order valence-corrected chi connectivity index (χ2v) is 10.3. The van der Waals surface area contributed by atoms with Gasteiger partial charge in [0.15, 0.2) is 0 Å². The lowest BCUT2D eigenvalue weighted by atomic mass is 9.73. The van der Waals surface area contributed by atoms with E-state index in [1.165, 1.54) is 51.5 Å². The molecule has 1 aliphatic carbocycles. The molecule has 4 saturated heterocycles. The standard InChI is InChI=1S/C23H37N3O3/c27-21(15-26-11-4-7-22(26)28)24-13-18-19-14-25(12-9-17-5-2-1-3-6-17)16-23(19)10-8-20(18)29-23/h17-20H,1-16H2,(H,24,27)/t18-,19+,20+,23+/m0/s1. The van der Waals surface area contributed by atoms with Crippen molar-refractivity contribution < 1.29 is 14.3 Å². The third-order valence-electron chi connectivity index (χ3n) is 8.47. The maximum absolute atomic E-state index is 12.4. The number of likely N-dealkylation sites (tertiary alicyclic amines) is 2. The average molecular weight is 404 g/mol. The van der Waals surface area contributed by atoms with E-state index in [1.54, 1.807) is 4.90 Å². The summed E-state index contributed by atoms with van der Waals surface area (Å²) in [5.74, 6) is 2.03. The summed E-state index contributed by atoms with van der Waals surface area (Å²) in [5.41, 5.74) is 0.0531. The summed E-state index contributed by atoms with van der Waals surface area (Å²) in [4.78, 5) is 28.5. The Morgan fingerprint density at radius 2 is 2.03 bits per heavy atom. The van der Waals surface area contributed by atoms with Gasteiger partial charge in [-0.25, -0.2) is 0 Å². The number of carbonyl (C=O) groups is 2. The van der Waals surface area contributed by atoms with Crippen LogP contribution in [-0.2, 0) is 14.3 Å². The van der Waals surface area contributed by atoms with Gasteiger partial charge in [0.25, 0.3) is 0 Å². The fraction of sp³-hybridized carbons (Fsp3) is 0.913. The molecule has 0 unspecified atom stereocenters. The molecule has 4 heterocycles. The van der Waals surface area contributed by atoms with Gasteiger partial charge in [-0.3, -0.25) is 9.59 Å². The molecule has 0 aromatic rings. The van der Waals surface area contributed by atoms with Crippen molar-refractivity contribution in [2.75, 3.05) is 39.3 Å². The zero-order valence-electron chi connectivity index (χ0n) is 17.7. The molecule has 4 aliphatic heterocycles. The van der Waals surface area contributed by atoms with Crippen LogP contribution in [0.15, 0.2) is 0 Å². The monoisotopic (exact) mass is 403 g/mol. The lowest BCUT2D eigenvalue weighted by molar-refractivity contribution is -0.133. The molecule has 2 amide bonds. The van der Waals surface area contributed by atoms with Crippen molar-refractivity contribution in [3.63, 3.8) is 0 Å². The molecule has 162 valence electrons. The Kier molecular flexibility index (Phi) is 5.59. The van der Waals surface area contributed by atoms with Crippen molar-refractivity contribution in [3.05, 3.63) is 0 Å². The minimum Gasteiger partial charge on any atom is -0.370 e. The highest BCUT2D eigenvalue weighted by Crippen LogP contribution is 2.54. The van der Waals surface area contributed by atoms with E-state index in [4.69, 9.17) is 4.74 Å². The van der Waals surface area contributed by atoms with Crippen LogP contribution in [0.25, 0.3) is 0 Å². The number of hydrogen-bond acceptors (Lipinski definition) is 4. The Morgan fingerprint density at radius 1 is 1.17 bits per heavy atom. The number of fused-ring (bicyclic) bond motifs is 1. The van der Waals surface area contributed by atoms with Gasteiger partial charge in [0, 0.05) is 44.4 Å². The summed E-state index contributed by atoms with van der Waals surface area (Å²) in [6.45, 7) is 5.09. The van der Waals surface area contributed by atoms with Gasteiger partial charge in [0.2, 0.25) is 11.8 Å². The quantitative estimate of drug-likeness (QED) is 0.708. The molecule has 0 aromatic heterocycles. The molecule has 29 heavy (non-hydrogen) atoms. The van der Waals surface area contributed by atoms with Gasteiger partial charge in [-0.05, 0) is 38.1 Å². The summed E-state index contributed by atoms with van der Waals surface area (Å²) >= 11 is 0. The van der Waals surface area contributed by atoms with Gasteiger partial charge < -0.3 is 19.9 Å². The first-order chi connectivity index (χ1) is 14.1.